The number of aliphatic carboxylic acids is 1. The Balaban J connectivity index is 1.77. The van der Waals surface area contributed by atoms with Crippen LogP contribution in [-0.2, 0) is 14.3 Å². The van der Waals surface area contributed by atoms with Crippen molar-refractivity contribution in [1.29, 1.82) is 0 Å². The monoisotopic (exact) mass is 275 g/mol. The standard InChI is InChI=1S/C14H13NO5/c16-12-9-3-1-2-4-10(9)15(13(12)17)7-8-5-6-11(20-8)14(18)19/h1-4,8,11H,5-7H2,(H,18,19). The normalized spacial score (nSPS) is 25.1. The van der Waals surface area contributed by atoms with Crippen LogP contribution in [0.5, 0.6) is 0 Å². The summed E-state index contributed by atoms with van der Waals surface area (Å²) in [5.41, 5.74) is 0.968. The van der Waals surface area contributed by atoms with Crippen molar-refractivity contribution < 1.29 is 24.2 Å². The molecule has 20 heavy (non-hydrogen) atoms. The Kier molecular flexibility index (Phi) is 3.02. The van der Waals surface area contributed by atoms with E-state index in [0.29, 0.717) is 24.1 Å². The van der Waals surface area contributed by atoms with E-state index in [1.807, 2.05) is 0 Å². The minimum atomic E-state index is -0.989. The number of hydrogen-bond donors (Lipinski definition) is 1. The summed E-state index contributed by atoms with van der Waals surface area (Å²) < 4.78 is 5.38. The summed E-state index contributed by atoms with van der Waals surface area (Å²) in [6.07, 6.45) is -0.169. The number of ether oxygens (including phenoxy) is 1. The molecule has 6 nitrogen and oxygen atoms in total. The van der Waals surface area contributed by atoms with Crippen LogP contribution in [0.3, 0.4) is 0 Å². The van der Waals surface area contributed by atoms with Crippen molar-refractivity contribution in [3.63, 3.8) is 0 Å². The SMILES string of the molecule is O=C1C(=O)N(CC2CCC(C(=O)O)O2)c2ccccc21. The zero-order chi connectivity index (χ0) is 14.3. The van der Waals surface area contributed by atoms with E-state index < -0.39 is 23.8 Å². The molecule has 2 aliphatic heterocycles. The van der Waals surface area contributed by atoms with E-state index in [2.05, 4.69) is 0 Å². The van der Waals surface area contributed by atoms with Crippen molar-refractivity contribution in [3.05, 3.63) is 29.8 Å². The van der Waals surface area contributed by atoms with Gasteiger partial charge in [0.15, 0.2) is 6.10 Å². The Morgan fingerprint density at radius 1 is 1.30 bits per heavy atom. The highest BCUT2D eigenvalue weighted by molar-refractivity contribution is 6.52. The first-order valence-corrected chi connectivity index (χ1v) is 6.41. The van der Waals surface area contributed by atoms with Crippen molar-refractivity contribution in [1.82, 2.24) is 0 Å². The van der Waals surface area contributed by atoms with Gasteiger partial charge in [0, 0.05) is 0 Å². The van der Waals surface area contributed by atoms with Crippen molar-refractivity contribution in [2.45, 2.75) is 25.0 Å². The molecule has 3 rings (SSSR count). The molecule has 1 aromatic rings. The molecule has 2 unspecified atom stereocenters. The van der Waals surface area contributed by atoms with Gasteiger partial charge in [-0.25, -0.2) is 4.79 Å². The highest BCUT2D eigenvalue weighted by atomic mass is 16.5. The summed E-state index contributed by atoms with van der Waals surface area (Å²) in [5.74, 6) is -2.08. The van der Waals surface area contributed by atoms with Gasteiger partial charge in [-0.3, -0.25) is 9.59 Å². The lowest BCUT2D eigenvalue weighted by Crippen LogP contribution is -2.37. The van der Waals surface area contributed by atoms with Gasteiger partial charge in [-0.1, -0.05) is 12.1 Å². The highest BCUT2D eigenvalue weighted by Crippen LogP contribution is 2.30. The minimum absolute atomic E-state index is 0.214. The van der Waals surface area contributed by atoms with Crippen LogP contribution in [0, 0.1) is 0 Å². The fourth-order valence-corrected chi connectivity index (χ4v) is 2.65. The molecular formula is C14H13NO5. The van der Waals surface area contributed by atoms with E-state index in [1.165, 1.54) is 4.90 Å². The molecule has 2 aliphatic rings. The number of rotatable bonds is 3. The van der Waals surface area contributed by atoms with E-state index in [4.69, 9.17) is 9.84 Å². The smallest absolute Gasteiger partial charge is 0.332 e. The fraction of sp³-hybridized carbons (Fsp3) is 0.357. The van der Waals surface area contributed by atoms with Gasteiger partial charge >= 0.3 is 5.97 Å². The molecule has 0 radical (unpaired) electrons. The number of hydrogen-bond acceptors (Lipinski definition) is 4. The molecule has 0 aromatic heterocycles. The predicted molar refractivity (Wildman–Crippen MR) is 68.7 cm³/mol. The average molecular weight is 275 g/mol. The number of Topliss-reactive ketones (excluding diaryl/α,β-unsaturated/α-hetero) is 1. The molecule has 1 fully saturated rings. The van der Waals surface area contributed by atoms with Crippen LogP contribution in [0.15, 0.2) is 24.3 Å². The molecule has 0 bridgehead atoms. The number of nitrogens with zero attached hydrogens (tertiary/aromatic N) is 1. The molecule has 1 amide bonds. The maximum atomic E-state index is 12.0. The Labute approximate surface area is 114 Å². The van der Waals surface area contributed by atoms with Crippen molar-refractivity contribution in [2.24, 2.45) is 0 Å². The lowest BCUT2D eigenvalue weighted by Gasteiger charge is -2.20. The molecule has 1 saturated heterocycles. The van der Waals surface area contributed by atoms with E-state index in [9.17, 15) is 14.4 Å². The molecular weight excluding hydrogens is 262 g/mol. The number of carboxylic acid groups (broad SMARTS) is 1. The second-order valence-electron chi connectivity index (χ2n) is 4.92. The number of carbonyl (C=O) groups is 3. The van der Waals surface area contributed by atoms with Crippen LogP contribution >= 0.6 is 0 Å². The number of ketones is 1. The number of fused-ring (bicyclic) bond motifs is 1. The summed E-state index contributed by atoms with van der Waals surface area (Å²) in [6, 6.07) is 6.79. The number of para-hydroxylation sites is 1. The Morgan fingerprint density at radius 3 is 2.75 bits per heavy atom. The van der Waals surface area contributed by atoms with Gasteiger partial charge in [0.1, 0.15) is 0 Å². The molecule has 2 atom stereocenters. The van der Waals surface area contributed by atoms with E-state index in [0.717, 1.165) is 0 Å². The highest BCUT2D eigenvalue weighted by Gasteiger charge is 2.39. The molecule has 0 saturated carbocycles. The first kappa shape index (κ1) is 12.8. The number of carboxylic acids is 1. The average Bonchev–Trinajstić information content (AvgIpc) is 3.00. The first-order valence-electron chi connectivity index (χ1n) is 6.41. The van der Waals surface area contributed by atoms with E-state index in [1.54, 1.807) is 24.3 Å². The van der Waals surface area contributed by atoms with Gasteiger partial charge < -0.3 is 14.7 Å². The molecule has 1 N–H and O–H groups in total. The Morgan fingerprint density at radius 2 is 2.05 bits per heavy atom. The van der Waals surface area contributed by atoms with Crippen LogP contribution < -0.4 is 4.90 Å². The van der Waals surface area contributed by atoms with Crippen LogP contribution in [0.25, 0.3) is 0 Å². The summed E-state index contributed by atoms with van der Waals surface area (Å²) in [5, 5.41) is 8.88. The molecule has 0 spiro atoms. The topological polar surface area (TPSA) is 83.9 Å². The van der Waals surface area contributed by atoms with Crippen LogP contribution in [0.4, 0.5) is 5.69 Å². The summed E-state index contributed by atoms with van der Waals surface area (Å²) >= 11 is 0. The minimum Gasteiger partial charge on any atom is -0.479 e. The van der Waals surface area contributed by atoms with Crippen molar-refractivity contribution >= 4 is 23.3 Å². The fourth-order valence-electron chi connectivity index (χ4n) is 2.65. The molecule has 0 aliphatic carbocycles. The Bertz CT molecular complexity index is 597. The lowest BCUT2D eigenvalue weighted by atomic mass is 10.1. The van der Waals surface area contributed by atoms with Gasteiger partial charge in [-0.15, -0.1) is 0 Å². The lowest BCUT2D eigenvalue weighted by molar-refractivity contribution is -0.149. The maximum absolute atomic E-state index is 12.0. The number of amides is 1. The first-order chi connectivity index (χ1) is 9.58. The number of benzene rings is 1. The van der Waals surface area contributed by atoms with Crippen LogP contribution in [-0.4, -0.2) is 41.5 Å². The van der Waals surface area contributed by atoms with Gasteiger partial charge in [0.2, 0.25) is 0 Å². The summed E-state index contributed by atoms with van der Waals surface area (Å²) in [7, 11) is 0. The zero-order valence-electron chi connectivity index (χ0n) is 10.6. The summed E-state index contributed by atoms with van der Waals surface area (Å²) in [6.45, 7) is 0.214. The van der Waals surface area contributed by atoms with Crippen LogP contribution in [0.1, 0.15) is 23.2 Å². The van der Waals surface area contributed by atoms with Gasteiger partial charge in [0.25, 0.3) is 11.7 Å². The maximum Gasteiger partial charge on any atom is 0.332 e. The number of carbonyl (C=O) groups excluding carboxylic acids is 2. The quantitative estimate of drug-likeness (QED) is 0.827. The predicted octanol–water partition coefficient (Wildman–Crippen LogP) is 0.848. The third kappa shape index (κ3) is 1.98. The Hall–Kier alpha value is -2.21. The second kappa shape index (κ2) is 4.72. The molecule has 6 heteroatoms. The number of anilines is 1. The zero-order valence-corrected chi connectivity index (χ0v) is 10.6. The van der Waals surface area contributed by atoms with Gasteiger partial charge in [-0.2, -0.15) is 0 Å². The molecule has 1 aromatic carbocycles. The second-order valence-corrected chi connectivity index (χ2v) is 4.92. The largest absolute Gasteiger partial charge is 0.479 e. The third-order valence-electron chi connectivity index (χ3n) is 3.65. The van der Waals surface area contributed by atoms with E-state index >= 15 is 0 Å². The van der Waals surface area contributed by atoms with Gasteiger partial charge in [-0.05, 0) is 25.0 Å². The van der Waals surface area contributed by atoms with E-state index in [-0.39, 0.29) is 12.6 Å². The molecule has 104 valence electrons. The van der Waals surface area contributed by atoms with Crippen LogP contribution in [0.2, 0.25) is 0 Å². The van der Waals surface area contributed by atoms with Crippen molar-refractivity contribution in [2.75, 3.05) is 11.4 Å². The van der Waals surface area contributed by atoms with Crippen molar-refractivity contribution in [3.8, 4) is 0 Å². The van der Waals surface area contributed by atoms with Gasteiger partial charge in [0.05, 0.1) is 23.9 Å². The third-order valence-corrected chi connectivity index (χ3v) is 3.65. The summed E-state index contributed by atoms with van der Waals surface area (Å²) in [4.78, 5) is 36.0. The molecule has 2 heterocycles.